The molecule has 394 valence electrons. The van der Waals surface area contributed by atoms with Crippen molar-refractivity contribution in [3.63, 3.8) is 0 Å². The summed E-state index contributed by atoms with van der Waals surface area (Å²) in [5.41, 5.74) is 0. The zero-order valence-electron chi connectivity index (χ0n) is 45.1. The molecule has 0 radical (unpaired) electrons. The second kappa shape index (κ2) is 56.7. The number of aliphatic hydroxyl groups excluding tert-OH is 3. The number of nitrogens with one attached hydrogen (secondary N) is 1. The first-order chi connectivity index (χ1) is 32.6. The Kier molecular flexibility index (Phi) is 55.9. The molecule has 5 heteroatoms. The molecule has 0 spiro atoms. The zero-order chi connectivity index (χ0) is 47.9. The summed E-state index contributed by atoms with van der Waals surface area (Å²) in [5, 5.41) is 33.6. The van der Waals surface area contributed by atoms with E-state index in [-0.39, 0.29) is 6.61 Å². The van der Waals surface area contributed by atoms with Gasteiger partial charge in [0.25, 0.3) is 0 Å². The summed E-state index contributed by atoms with van der Waals surface area (Å²) >= 11 is 0. The number of rotatable bonds is 57. The van der Waals surface area contributed by atoms with Crippen LogP contribution in [0.3, 0.4) is 0 Å². The number of amides is 1. The lowest BCUT2D eigenvalue weighted by Crippen LogP contribution is -2.49. The Hall–Kier alpha value is -0.910. The Morgan fingerprint density at radius 2 is 0.576 bits per heavy atom. The zero-order valence-corrected chi connectivity index (χ0v) is 45.1. The van der Waals surface area contributed by atoms with Crippen molar-refractivity contribution in [3.05, 3.63) is 12.2 Å². The molecular formula is C61H121NO4. The van der Waals surface area contributed by atoms with Crippen LogP contribution in [0.25, 0.3) is 0 Å². The van der Waals surface area contributed by atoms with Crippen LogP contribution in [0.4, 0.5) is 0 Å². The van der Waals surface area contributed by atoms with E-state index in [9.17, 15) is 20.1 Å². The van der Waals surface area contributed by atoms with Gasteiger partial charge in [-0.25, -0.2) is 0 Å². The van der Waals surface area contributed by atoms with Gasteiger partial charge in [-0.2, -0.15) is 0 Å². The lowest BCUT2D eigenvalue weighted by molar-refractivity contribution is -0.131. The Labute approximate surface area is 414 Å². The van der Waals surface area contributed by atoms with Crippen molar-refractivity contribution in [1.29, 1.82) is 0 Å². The molecule has 0 aliphatic rings. The van der Waals surface area contributed by atoms with Crippen LogP contribution in [0.5, 0.6) is 0 Å². The van der Waals surface area contributed by atoms with Crippen LogP contribution in [-0.2, 0) is 4.79 Å². The van der Waals surface area contributed by atoms with Crippen LogP contribution in [-0.4, -0.2) is 46.1 Å². The average molecular weight is 933 g/mol. The fourth-order valence-corrected chi connectivity index (χ4v) is 9.90. The molecule has 0 fully saturated rings. The summed E-state index contributed by atoms with van der Waals surface area (Å²) in [6.07, 6.45) is 71.3. The van der Waals surface area contributed by atoms with Gasteiger partial charge in [0.05, 0.1) is 18.8 Å². The highest BCUT2D eigenvalue weighted by Gasteiger charge is 2.23. The second-order valence-corrected chi connectivity index (χ2v) is 21.3. The minimum atomic E-state index is -1.07. The predicted molar refractivity (Wildman–Crippen MR) is 292 cm³/mol. The third kappa shape index (κ3) is 51.0. The van der Waals surface area contributed by atoms with Gasteiger partial charge in [0.15, 0.2) is 0 Å². The van der Waals surface area contributed by atoms with E-state index in [1.807, 2.05) is 0 Å². The number of hydrogen-bond donors (Lipinski definition) is 4. The van der Waals surface area contributed by atoms with Gasteiger partial charge in [-0.3, -0.25) is 4.79 Å². The van der Waals surface area contributed by atoms with Crippen molar-refractivity contribution in [3.8, 4) is 0 Å². The highest BCUT2D eigenvalue weighted by Crippen LogP contribution is 2.19. The van der Waals surface area contributed by atoms with Crippen LogP contribution in [0.15, 0.2) is 12.2 Å². The normalized spacial score (nSPS) is 13.2. The van der Waals surface area contributed by atoms with Gasteiger partial charge in [0.1, 0.15) is 6.10 Å². The number of hydrogen-bond acceptors (Lipinski definition) is 4. The van der Waals surface area contributed by atoms with E-state index in [0.29, 0.717) is 12.8 Å². The molecule has 3 unspecified atom stereocenters. The predicted octanol–water partition coefficient (Wildman–Crippen LogP) is 19.1. The van der Waals surface area contributed by atoms with Crippen molar-refractivity contribution in [2.45, 2.75) is 366 Å². The summed E-state index contributed by atoms with van der Waals surface area (Å²) in [6, 6.07) is -0.710. The maximum Gasteiger partial charge on any atom is 0.249 e. The average Bonchev–Trinajstić information content (AvgIpc) is 3.32. The standard InChI is InChI=1S/C61H121NO4/c1-3-5-7-9-11-13-15-17-19-21-23-25-27-28-29-30-31-32-33-34-36-38-40-42-44-46-48-50-52-54-56-60(65)61(66)62-58(57-63)59(64)55-53-51-49-47-45-43-41-39-37-35-26-24-22-20-18-16-14-12-10-8-6-4-2/h28-29,58-60,63-65H,3-27,30-57H2,1-2H3,(H,62,66)/b29-28-. The quantitative estimate of drug-likeness (QED) is 0.0361. The van der Waals surface area contributed by atoms with E-state index in [2.05, 4.69) is 31.3 Å². The van der Waals surface area contributed by atoms with Crippen molar-refractivity contribution in [2.24, 2.45) is 0 Å². The van der Waals surface area contributed by atoms with Gasteiger partial charge >= 0.3 is 0 Å². The summed E-state index contributed by atoms with van der Waals surface area (Å²) in [5.74, 6) is -0.463. The molecule has 0 heterocycles. The smallest absolute Gasteiger partial charge is 0.249 e. The molecule has 4 N–H and O–H groups in total. The minimum absolute atomic E-state index is 0.309. The molecule has 0 aliphatic carbocycles. The summed E-state index contributed by atoms with van der Waals surface area (Å²) in [6.45, 7) is 4.28. The first kappa shape index (κ1) is 65.1. The highest BCUT2D eigenvalue weighted by molar-refractivity contribution is 5.80. The van der Waals surface area contributed by atoms with Crippen molar-refractivity contribution < 1.29 is 20.1 Å². The van der Waals surface area contributed by atoms with Crippen LogP contribution in [0.2, 0.25) is 0 Å². The van der Waals surface area contributed by atoms with E-state index < -0.39 is 24.2 Å². The monoisotopic (exact) mass is 932 g/mol. The molecule has 0 aromatic rings. The van der Waals surface area contributed by atoms with E-state index in [1.54, 1.807) is 0 Å². The number of carbonyl (C=O) groups excluding carboxylic acids is 1. The number of unbranched alkanes of at least 4 members (excludes halogenated alkanes) is 47. The molecule has 5 nitrogen and oxygen atoms in total. The van der Waals surface area contributed by atoms with Crippen LogP contribution < -0.4 is 5.32 Å². The summed E-state index contributed by atoms with van der Waals surface area (Å²) < 4.78 is 0. The van der Waals surface area contributed by atoms with E-state index in [1.165, 1.54) is 289 Å². The van der Waals surface area contributed by atoms with Gasteiger partial charge in [-0.15, -0.1) is 0 Å². The van der Waals surface area contributed by atoms with Gasteiger partial charge < -0.3 is 20.6 Å². The molecular weight excluding hydrogens is 811 g/mol. The van der Waals surface area contributed by atoms with Crippen LogP contribution in [0, 0.1) is 0 Å². The number of aliphatic hydroxyl groups is 3. The third-order valence-corrected chi connectivity index (χ3v) is 14.6. The van der Waals surface area contributed by atoms with Crippen molar-refractivity contribution >= 4 is 5.91 Å². The number of allylic oxidation sites excluding steroid dienone is 2. The molecule has 0 aromatic carbocycles. The van der Waals surface area contributed by atoms with Gasteiger partial charge in [0.2, 0.25) is 5.91 Å². The van der Waals surface area contributed by atoms with Gasteiger partial charge in [0, 0.05) is 0 Å². The molecule has 0 saturated heterocycles. The van der Waals surface area contributed by atoms with Crippen molar-refractivity contribution in [1.82, 2.24) is 5.32 Å². The first-order valence-electron chi connectivity index (χ1n) is 30.5. The Morgan fingerprint density at radius 1 is 0.348 bits per heavy atom. The largest absolute Gasteiger partial charge is 0.394 e. The lowest BCUT2D eigenvalue weighted by Gasteiger charge is -2.23. The van der Waals surface area contributed by atoms with Gasteiger partial charge in [-0.05, 0) is 38.5 Å². The number of carbonyl (C=O) groups is 1. The molecule has 0 rings (SSSR count). The second-order valence-electron chi connectivity index (χ2n) is 21.3. The highest BCUT2D eigenvalue weighted by atomic mass is 16.3. The van der Waals surface area contributed by atoms with Crippen molar-refractivity contribution in [2.75, 3.05) is 6.61 Å². The molecule has 0 aromatic heterocycles. The SMILES string of the molecule is CCCCCCCCCCCCCC/C=C\CCCCCCCCCCCCCCCCC(O)C(=O)NC(CO)C(O)CCCCCCCCCCCCCCCCCCCCCCCC. The topological polar surface area (TPSA) is 89.8 Å². The van der Waals surface area contributed by atoms with E-state index in [4.69, 9.17) is 0 Å². The Bertz CT molecular complexity index is 940. The maximum atomic E-state index is 12.6. The third-order valence-electron chi connectivity index (χ3n) is 14.6. The fraction of sp³-hybridized carbons (Fsp3) is 0.951. The first-order valence-corrected chi connectivity index (χ1v) is 30.5. The van der Waals surface area contributed by atoms with E-state index >= 15 is 0 Å². The lowest BCUT2D eigenvalue weighted by atomic mass is 10.0. The molecule has 0 aliphatic heterocycles. The summed E-state index contributed by atoms with van der Waals surface area (Å²) in [7, 11) is 0. The Morgan fingerprint density at radius 3 is 0.833 bits per heavy atom. The minimum Gasteiger partial charge on any atom is -0.394 e. The van der Waals surface area contributed by atoms with Crippen LogP contribution >= 0.6 is 0 Å². The molecule has 1 amide bonds. The molecule has 0 bridgehead atoms. The van der Waals surface area contributed by atoms with E-state index in [0.717, 1.165) is 32.1 Å². The Balaban J connectivity index is 3.48. The molecule has 3 atom stereocenters. The fourth-order valence-electron chi connectivity index (χ4n) is 9.90. The molecule has 66 heavy (non-hydrogen) atoms. The summed E-state index contributed by atoms with van der Waals surface area (Å²) in [4.78, 5) is 12.6. The molecule has 0 saturated carbocycles. The maximum absolute atomic E-state index is 12.6. The van der Waals surface area contributed by atoms with Gasteiger partial charge in [-0.1, -0.05) is 321 Å². The van der Waals surface area contributed by atoms with Crippen LogP contribution in [0.1, 0.15) is 348 Å².